The van der Waals surface area contributed by atoms with E-state index in [0.717, 1.165) is 11.3 Å². The van der Waals surface area contributed by atoms with Crippen LogP contribution in [0.3, 0.4) is 0 Å². The van der Waals surface area contributed by atoms with Crippen LogP contribution in [-0.2, 0) is 21.2 Å². The average Bonchev–Trinajstić information content (AvgIpc) is 2.66. The minimum Gasteiger partial charge on any atom is -0.311 e. The number of sulfonamides is 1. The zero-order valence-electron chi connectivity index (χ0n) is 10.9. The van der Waals surface area contributed by atoms with E-state index in [0.29, 0.717) is 19.4 Å². The van der Waals surface area contributed by atoms with Crippen molar-refractivity contribution >= 4 is 21.6 Å². The fourth-order valence-electron chi connectivity index (χ4n) is 2.22. The van der Waals surface area contributed by atoms with Gasteiger partial charge < -0.3 is 4.90 Å². The summed E-state index contributed by atoms with van der Waals surface area (Å²) in [4.78, 5) is 13.5. The highest BCUT2D eigenvalue weighted by molar-refractivity contribution is 7.89. The number of rotatable bonds is 6. The van der Waals surface area contributed by atoms with Crippen molar-refractivity contribution in [3.05, 3.63) is 29.8 Å². The molecule has 1 aliphatic heterocycles. The zero-order chi connectivity index (χ0) is 13.9. The van der Waals surface area contributed by atoms with Crippen molar-refractivity contribution in [3.8, 4) is 0 Å². The van der Waals surface area contributed by atoms with Crippen LogP contribution in [-0.4, -0.2) is 33.2 Å². The van der Waals surface area contributed by atoms with E-state index in [1.165, 1.54) is 0 Å². The minimum absolute atomic E-state index is 0.0240. The van der Waals surface area contributed by atoms with E-state index in [4.69, 9.17) is 0 Å². The molecule has 1 N–H and O–H groups in total. The lowest BCUT2D eigenvalue weighted by atomic mass is 10.2. The number of nitrogens with zero attached hydrogens (tertiary/aromatic N) is 1. The van der Waals surface area contributed by atoms with Crippen molar-refractivity contribution < 1.29 is 13.2 Å². The molecule has 0 saturated heterocycles. The van der Waals surface area contributed by atoms with Gasteiger partial charge in [-0.15, -0.1) is 0 Å². The smallest absolute Gasteiger partial charge is 0.231 e. The Kier molecular flexibility index (Phi) is 4.21. The molecule has 0 spiro atoms. The number of anilines is 1. The number of carbonyl (C=O) groups is 1. The van der Waals surface area contributed by atoms with Gasteiger partial charge in [0.2, 0.25) is 15.9 Å². The summed E-state index contributed by atoms with van der Waals surface area (Å²) >= 11 is 0. The summed E-state index contributed by atoms with van der Waals surface area (Å²) in [7, 11) is -3.21. The first-order chi connectivity index (χ1) is 9.03. The lowest BCUT2D eigenvalue weighted by Crippen LogP contribution is -2.37. The quantitative estimate of drug-likeness (QED) is 0.843. The van der Waals surface area contributed by atoms with Gasteiger partial charge in [0.05, 0.1) is 12.2 Å². The highest BCUT2D eigenvalue weighted by atomic mass is 32.2. The second-order valence-electron chi connectivity index (χ2n) is 4.56. The van der Waals surface area contributed by atoms with Crippen LogP contribution in [0.15, 0.2) is 24.3 Å². The fraction of sp³-hybridized carbons (Fsp3) is 0.462. The average molecular weight is 282 g/mol. The molecular weight excluding hydrogens is 264 g/mol. The van der Waals surface area contributed by atoms with Crippen LogP contribution < -0.4 is 9.62 Å². The van der Waals surface area contributed by atoms with Crippen molar-refractivity contribution in [1.29, 1.82) is 0 Å². The lowest BCUT2D eigenvalue weighted by Gasteiger charge is -2.17. The summed E-state index contributed by atoms with van der Waals surface area (Å²) in [5.74, 6) is 0.147. The molecule has 19 heavy (non-hydrogen) atoms. The van der Waals surface area contributed by atoms with Crippen LogP contribution in [0, 0.1) is 0 Å². The van der Waals surface area contributed by atoms with Gasteiger partial charge in [0, 0.05) is 18.8 Å². The predicted octanol–water partition coefficient (Wildman–Crippen LogP) is 0.905. The first-order valence-electron chi connectivity index (χ1n) is 6.39. The second-order valence-corrected chi connectivity index (χ2v) is 6.49. The van der Waals surface area contributed by atoms with Gasteiger partial charge >= 0.3 is 0 Å². The van der Waals surface area contributed by atoms with Crippen molar-refractivity contribution in [1.82, 2.24) is 4.72 Å². The predicted molar refractivity (Wildman–Crippen MR) is 74.6 cm³/mol. The SMILES string of the molecule is CCCS(=O)(=O)NCCN1C(=O)Cc2ccccc21. The van der Waals surface area contributed by atoms with Gasteiger partial charge in [-0.1, -0.05) is 25.1 Å². The molecule has 104 valence electrons. The maximum Gasteiger partial charge on any atom is 0.231 e. The summed E-state index contributed by atoms with van der Waals surface area (Å²) in [6.45, 7) is 2.45. The van der Waals surface area contributed by atoms with Gasteiger partial charge in [-0.2, -0.15) is 0 Å². The van der Waals surface area contributed by atoms with Crippen LogP contribution in [0.25, 0.3) is 0 Å². The molecule has 1 aromatic carbocycles. The van der Waals surface area contributed by atoms with Gasteiger partial charge in [0.1, 0.15) is 0 Å². The van der Waals surface area contributed by atoms with Crippen LogP contribution in [0.2, 0.25) is 0 Å². The first kappa shape index (κ1) is 14.0. The molecule has 1 amide bonds. The summed E-state index contributed by atoms with van der Waals surface area (Å²) in [5, 5.41) is 0. The Morgan fingerprint density at radius 1 is 1.32 bits per heavy atom. The Labute approximate surface area is 113 Å². The van der Waals surface area contributed by atoms with Crippen molar-refractivity contribution in [2.45, 2.75) is 19.8 Å². The first-order valence-corrected chi connectivity index (χ1v) is 8.04. The van der Waals surface area contributed by atoms with Crippen LogP contribution in [0.5, 0.6) is 0 Å². The summed E-state index contributed by atoms with van der Waals surface area (Å²) in [6, 6.07) is 7.60. The Bertz CT molecular complexity index is 569. The maximum absolute atomic E-state index is 11.9. The topological polar surface area (TPSA) is 66.5 Å². The van der Waals surface area contributed by atoms with E-state index in [1.807, 2.05) is 31.2 Å². The van der Waals surface area contributed by atoms with Crippen molar-refractivity contribution in [2.75, 3.05) is 23.7 Å². The molecule has 0 fully saturated rings. The molecule has 0 saturated carbocycles. The Balaban J connectivity index is 1.96. The highest BCUT2D eigenvalue weighted by Crippen LogP contribution is 2.27. The monoisotopic (exact) mass is 282 g/mol. The van der Waals surface area contributed by atoms with Crippen molar-refractivity contribution in [3.63, 3.8) is 0 Å². The standard InChI is InChI=1S/C13H18N2O3S/c1-2-9-19(17,18)14-7-8-15-12-6-4-3-5-11(12)10-13(15)16/h3-6,14H,2,7-10H2,1H3. The number of carbonyl (C=O) groups excluding carboxylic acids is 1. The number of fused-ring (bicyclic) bond motifs is 1. The molecule has 0 aromatic heterocycles. The van der Waals surface area contributed by atoms with E-state index in [9.17, 15) is 13.2 Å². The van der Waals surface area contributed by atoms with Gasteiger partial charge in [-0.25, -0.2) is 13.1 Å². The normalized spacial score (nSPS) is 14.8. The van der Waals surface area contributed by atoms with Gasteiger partial charge in [0.15, 0.2) is 0 Å². The Hall–Kier alpha value is -1.40. The Morgan fingerprint density at radius 3 is 2.79 bits per heavy atom. The molecule has 0 unspecified atom stereocenters. The van der Waals surface area contributed by atoms with E-state index in [-0.39, 0.29) is 18.2 Å². The third-order valence-corrected chi connectivity index (χ3v) is 4.65. The molecule has 5 nitrogen and oxygen atoms in total. The number of hydrogen-bond donors (Lipinski definition) is 1. The van der Waals surface area contributed by atoms with Gasteiger partial charge in [0.25, 0.3) is 0 Å². The summed E-state index contributed by atoms with van der Waals surface area (Å²) in [5.41, 5.74) is 1.89. The largest absolute Gasteiger partial charge is 0.311 e. The van der Waals surface area contributed by atoms with Crippen molar-refractivity contribution in [2.24, 2.45) is 0 Å². The fourth-order valence-corrected chi connectivity index (χ4v) is 3.30. The number of amides is 1. The maximum atomic E-state index is 11.9. The van der Waals surface area contributed by atoms with Gasteiger partial charge in [-0.3, -0.25) is 4.79 Å². The Morgan fingerprint density at radius 2 is 2.05 bits per heavy atom. The third-order valence-electron chi connectivity index (χ3n) is 3.06. The van der Waals surface area contributed by atoms with E-state index >= 15 is 0 Å². The molecule has 1 aliphatic rings. The molecule has 0 aliphatic carbocycles. The molecule has 0 atom stereocenters. The van der Waals surface area contributed by atoms with E-state index < -0.39 is 10.0 Å². The molecular formula is C13H18N2O3S. The minimum atomic E-state index is -3.21. The number of hydrogen-bond acceptors (Lipinski definition) is 3. The summed E-state index contributed by atoms with van der Waals surface area (Å²) in [6.07, 6.45) is 0.985. The lowest BCUT2D eigenvalue weighted by molar-refractivity contribution is -0.117. The number of para-hydroxylation sites is 1. The molecule has 0 bridgehead atoms. The van der Waals surface area contributed by atoms with Gasteiger partial charge in [-0.05, 0) is 18.1 Å². The molecule has 0 radical (unpaired) electrons. The van der Waals surface area contributed by atoms with E-state index in [2.05, 4.69) is 4.72 Å². The molecule has 2 rings (SSSR count). The summed E-state index contributed by atoms with van der Waals surface area (Å²) < 4.78 is 25.6. The van der Waals surface area contributed by atoms with E-state index in [1.54, 1.807) is 4.90 Å². The molecule has 1 aromatic rings. The molecule has 1 heterocycles. The molecule has 6 heteroatoms. The number of nitrogens with one attached hydrogen (secondary N) is 1. The van der Waals surface area contributed by atoms with Crippen LogP contribution >= 0.6 is 0 Å². The highest BCUT2D eigenvalue weighted by Gasteiger charge is 2.26. The second kappa shape index (κ2) is 5.71. The number of benzene rings is 1. The van der Waals surface area contributed by atoms with Crippen LogP contribution in [0.4, 0.5) is 5.69 Å². The zero-order valence-corrected chi connectivity index (χ0v) is 11.7. The third kappa shape index (κ3) is 3.33. The van der Waals surface area contributed by atoms with Crippen LogP contribution in [0.1, 0.15) is 18.9 Å².